The third-order valence-corrected chi connectivity index (χ3v) is 4.72. The van der Waals surface area contributed by atoms with Gasteiger partial charge in [0.15, 0.2) is 0 Å². The van der Waals surface area contributed by atoms with Gasteiger partial charge in [0, 0.05) is 24.0 Å². The molecule has 1 heterocycles. The molecule has 1 atom stereocenters. The molecule has 1 aromatic carbocycles. The summed E-state index contributed by atoms with van der Waals surface area (Å²) in [7, 11) is -3.55. The molecule has 0 aliphatic carbocycles. The number of nitrogens with one attached hydrogen (secondary N) is 1. The van der Waals surface area contributed by atoms with Crippen molar-refractivity contribution in [1.29, 1.82) is 0 Å². The molecule has 22 heavy (non-hydrogen) atoms. The van der Waals surface area contributed by atoms with Crippen LogP contribution >= 0.6 is 30.9 Å². The maximum Gasteiger partial charge on any atom is 0.459 e. The Morgan fingerprint density at radius 3 is 2.77 bits per heavy atom. The van der Waals surface area contributed by atoms with Crippen LogP contribution in [0.15, 0.2) is 42.7 Å². The van der Waals surface area contributed by atoms with Gasteiger partial charge in [-0.1, -0.05) is 29.3 Å². The number of pyridine rings is 1. The molecule has 5 nitrogen and oxygen atoms in total. The summed E-state index contributed by atoms with van der Waals surface area (Å²) < 4.78 is 23.4. The molecule has 0 spiro atoms. The molecule has 0 saturated heterocycles. The molecule has 1 N–H and O–H groups in total. The lowest BCUT2D eigenvalue weighted by atomic mass is 10.3. The van der Waals surface area contributed by atoms with Crippen molar-refractivity contribution in [1.82, 2.24) is 10.1 Å². The zero-order chi connectivity index (χ0) is 16.0. The zero-order valence-electron chi connectivity index (χ0n) is 11.8. The largest absolute Gasteiger partial charge is 0.459 e. The summed E-state index contributed by atoms with van der Waals surface area (Å²) in [6.45, 7) is 2.24. The fraction of sp³-hybridized carbons (Fsp3) is 0.214. The zero-order valence-corrected chi connectivity index (χ0v) is 14.2. The van der Waals surface area contributed by atoms with Crippen molar-refractivity contribution < 1.29 is 13.6 Å². The van der Waals surface area contributed by atoms with Crippen LogP contribution in [0.2, 0.25) is 10.0 Å². The Hall–Kier alpha value is -1.10. The van der Waals surface area contributed by atoms with Gasteiger partial charge >= 0.3 is 7.75 Å². The summed E-state index contributed by atoms with van der Waals surface area (Å²) in [6.07, 6.45) is 3.33. The summed E-state index contributed by atoms with van der Waals surface area (Å²) >= 11 is 11.9. The number of rotatable bonds is 7. The lowest BCUT2D eigenvalue weighted by Crippen LogP contribution is -2.16. The van der Waals surface area contributed by atoms with E-state index in [-0.39, 0.29) is 23.9 Å². The molecule has 0 aliphatic rings. The minimum atomic E-state index is -3.55. The van der Waals surface area contributed by atoms with Crippen LogP contribution in [0.3, 0.4) is 0 Å². The first-order chi connectivity index (χ1) is 10.5. The van der Waals surface area contributed by atoms with Crippen LogP contribution in [-0.4, -0.2) is 11.6 Å². The van der Waals surface area contributed by atoms with Crippen LogP contribution in [0.1, 0.15) is 12.5 Å². The van der Waals surface area contributed by atoms with Crippen molar-refractivity contribution in [3.05, 3.63) is 58.3 Å². The van der Waals surface area contributed by atoms with E-state index in [1.807, 2.05) is 6.07 Å². The second-order valence-corrected chi connectivity index (χ2v) is 6.87. The minimum Gasteiger partial charge on any atom is -0.412 e. The van der Waals surface area contributed by atoms with Gasteiger partial charge < -0.3 is 4.52 Å². The molecular formula is C14H15Cl2N2O3P. The van der Waals surface area contributed by atoms with Crippen molar-refractivity contribution in [3.8, 4) is 5.75 Å². The molecule has 118 valence electrons. The van der Waals surface area contributed by atoms with Crippen LogP contribution in [0.4, 0.5) is 0 Å². The molecule has 8 heteroatoms. The minimum absolute atomic E-state index is 0.225. The average molecular weight is 361 g/mol. The number of halogens is 2. The molecule has 0 saturated carbocycles. The van der Waals surface area contributed by atoms with Gasteiger partial charge in [-0.2, -0.15) is 0 Å². The van der Waals surface area contributed by atoms with Crippen molar-refractivity contribution in [2.24, 2.45) is 0 Å². The SMILES string of the molecule is CCOP(=O)(NCc1cccnc1)Oc1ccc(Cl)cc1Cl. The van der Waals surface area contributed by atoms with Crippen molar-refractivity contribution in [2.75, 3.05) is 6.61 Å². The van der Waals surface area contributed by atoms with E-state index in [9.17, 15) is 4.57 Å². The van der Waals surface area contributed by atoms with E-state index in [1.165, 1.54) is 6.07 Å². The van der Waals surface area contributed by atoms with Gasteiger partial charge in [0.2, 0.25) is 0 Å². The Balaban J connectivity index is 2.11. The van der Waals surface area contributed by atoms with E-state index >= 15 is 0 Å². The third kappa shape index (κ3) is 4.97. The van der Waals surface area contributed by atoms with Gasteiger partial charge in [-0.05, 0) is 36.8 Å². The molecule has 0 radical (unpaired) electrons. The van der Waals surface area contributed by atoms with Crippen LogP contribution in [-0.2, 0) is 15.6 Å². The molecule has 0 fully saturated rings. The fourth-order valence-corrected chi connectivity index (χ4v) is 3.49. The number of benzene rings is 1. The number of nitrogens with zero attached hydrogens (tertiary/aromatic N) is 1. The van der Waals surface area contributed by atoms with E-state index in [2.05, 4.69) is 10.1 Å². The Morgan fingerprint density at radius 1 is 1.32 bits per heavy atom. The molecule has 0 aliphatic heterocycles. The Morgan fingerprint density at radius 2 is 2.14 bits per heavy atom. The van der Waals surface area contributed by atoms with Gasteiger partial charge in [0.25, 0.3) is 0 Å². The van der Waals surface area contributed by atoms with Gasteiger partial charge in [-0.3, -0.25) is 9.51 Å². The quantitative estimate of drug-likeness (QED) is 0.725. The number of hydrogen-bond acceptors (Lipinski definition) is 4. The van der Waals surface area contributed by atoms with E-state index in [0.29, 0.717) is 5.02 Å². The second kappa shape index (κ2) is 7.95. The summed E-state index contributed by atoms with van der Waals surface area (Å²) in [6, 6.07) is 8.29. The highest BCUT2D eigenvalue weighted by Gasteiger charge is 2.26. The van der Waals surface area contributed by atoms with E-state index in [1.54, 1.807) is 37.5 Å². The predicted molar refractivity (Wildman–Crippen MR) is 87.4 cm³/mol. The average Bonchev–Trinajstić information content (AvgIpc) is 2.50. The Bertz CT molecular complexity index is 670. The highest BCUT2D eigenvalue weighted by Crippen LogP contribution is 2.46. The molecule has 0 amide bonds. The highest BCUT2D eigenvalue weighted by molar-refractivity contribution is 7.52. The fourth-order valence-electron chi connectivity index (χ4n) is 1.64. The standard InChI is InChI=1S/C14H15Cl2N2O3P/c1-2-20-22(19,18-10-11-4-3-7-17-9-11)21-14-6-5-12(15)8-13(14)16/h3-9H,2,10H2,1H3,(H,18,19). The smallest absolute Gasteiger partial charge is 0.412 e. The van der Waals surface area contributed by atoms with E-state index in [0.717, 1.165) is 5.56 Å². The van der Waals surface area contributed by atoms with Gasteiger partial charge in [-0.25, -0.2) is 9.65 Å². The first-order valence-electron chi connectivity index (χ1n) is 6.55. The van der Waals surface area contributed by atoms with Crippen LogP contribution in [0.5, 0.6) is 5.75 Å². The van der Waals surface area contributed by atoms with Crippen LogP contribution < -0.4 is 9.61 Å². The topological polar surface area (TPSA) is 60.5 Å². The molecule has 1 aromatic heterocycles. The number of aromatic nitrogens is 1. The van der Waals surface area contributed by atoms with Gasteiger partial charge in [0.1, 0.15) is 5.75 Å². The normalized spacial score (nSPS) is 13.6. The number of hydrogen-bond donors (Lipinski definition) is 1. The summed E-state index contributed by atoms with van der Waals surface area (Å²) in [5.41, 5.74) is 0.855. The van der Waals surface area contributed by atoms with Crippen LogP contribution in [0, 0.1) is 0 Å². The van der Waals surface area contributed by atoms with E-state index < -0.39 is 7.75 Å². The molecule has 1 unspecified atom stereocenters. The van der Waals surface area contributed by atoms with Gasteiger partial charge in [-0.15, -0.1) is 0 Å². The van der Waals surface area contributed by atoms with E-state index in [4.69, 9.17) is 32.2 Å². The third-order valence-electron chi connectivity index (χ3n) is 2.61. The monoisotopic (exact) mass is 360 g/mol. The summed E-state index contributed by atoms with van der Waals surface area (Å²) in [5.74, 6) is 0.238. The first kappa shape index (κ1) is 17.3. The van der Waals surface area contributed by atoms with Crippen molar-refractivity contribution in [3.63, 3.8) is 0 Å². The van der Waals surface area contributed by atoms with Gasteiger partial charge in [0.05, 0.1) is 11.6 Å². The first-order valence-corrected chi connectivity index (χ1v) is 8.85. The Kier molecular flexibility index (Phi) is 6.24. The molecule has 2 aromatic rings. The predicted octanol–water partition coefficient (Wildman–Crippen LogP) is 4.70. The molecule has 2 rings (SSSR count). The van der Waals surface area contributed by atoms with Crippen molar-refractivity contribution in [2.45, 2.75) is 13.5 Å². The Labute approximate surface area is 139 Å². The maximum absolute atomic E-state index is 12.7. The second-order valence-electron chi connectivity index (χ2n) is 4.28. The van der Waals surface area contributed by atoms with Crippen LogP contribution in [0.25, 0.3) is 0 Å². The maximum atomic E-state index is 12.7. The molecular weight excluding hydrogens is 346 g/mol. The lowest BCUT2D eigenvalue weighted by molar-refractivity contribution is 0.268. The molecule has 0 bridgehead atoms. The lowest BCUT2D eigenvalue weighted by Gasteiger charge is -2.20. The summed E-state index contributed by atoms with van der Waals surface area (Å²) in [5, 5.41) is 3.51. The highest BCUT2D eigenvalue weighted by atomic mass is 35.5. The van der Waals surface area contributed by atoms with Crippen molar-refractivity contribution >= 4 is 30.9 Å². The summed E-state index contributed by atoms with van der Waals surface area (Å²) in [4.78, 5) is 3.99.